The van der Waals surface area contributed by atoms with Crippen molar-refractivity contribution in [2.75, 3.05) is 11.9 Å². The molecule has 2 aromatic rings. The minimum atomic E-state index is 0.625. The number of rotatable bonds is 6. The molecule has 0 saturated heterocycles. The summed E-state index contributed by atoms with van der Waals surface area (Å²) in [5.74, 6) is 0.903. The first-order valence-electron chi connectivity index (χ1n) is 6.59. The predicted octanol–water partition coefficient (Wildman–Crippen LogP) is 5.39. The van der Waals surface area contributed by atoms with Gasteiger partial charge in [0.15, 0.2) is 0 Å². The summed E-state index contributed by atoms with van der Waals surface area (Å²) in [5.41, 5.74) is 2.04. The molecular weight excluding hydrogens is 293 g/mol. The van der Waals surface area contributed by atoms with Crippen molar-refractivity contribution in [3.63, 3.8) is 0 Å². The van der Waals surface area contributed by atoms with E-state index in [1.54, 1.807) is 6.07 Å². The zero-order chi connectivity index (χ0) is 14.4. The first-order valence-corrected chi connectivity index (χ1v) is 7.35. The zero-order valence-electron chi connectivity index (χ0n) is 11.3. The minimum absolute atomic E-state index is 0.625. The normalized spacial score (nSPS) is 10.3. The van der Waals surface area contributed by atoms with Crippen LogP contribution in [0.5, 0.6) is 5.75 Å². The van der Waals surface area contributed by atoms with Crippen LogP contribution in [0.2, 0.25) is 10.0 Å². The van der Waals surface area contributed by atoms with E-state index in [0.717, 1.165) is 24.5 Å². The van der Waals surface area contributed by atoms with Gasteiger partial charge in [-0.25, -0.2) is 0 Å². The molecule has 2 nitrogen and oxygen atoms in total. The largest absolute Gasteiger partial charge is 0.494 e. The number of anilines is 1. The van der Waals surface area contributed by atoms with Gasteiger partial charge in [0.2, 0.25) is 0 Å². The van der Waals surface area contributed by atoms with Crippen LogP contribution in [0.1, 0.15) is 18.9 Å². The third-order valence-corrected chi connectivity index (χ3v) is 3.36. The van der Waals surface area contributed by atoms with E-state index in [1.807, 2.05) is 36.4 Å². The number of hydrogen-bond acceptors (Lipinski definition) is 2. The van der Waals surface area contributed by atoms with Gasteiger partial charge < -0.3 is 10.1 Å². The monoisotopic (exact) mass is 309 g/mol. The van der Waals surface area contributed by atoms with Crippen LogP contribution in [-0.4, -0.2) is 6.61 Å². The van der Waals surface area contributed by atoms with E-state index in [-0.39, 0.29) is 0 Å². The Morgan fingerprint density at radius 2 is 1.80 bits per heavy atom. The van der Waals surface area contributed by atoms with E-state index in [1.165, 1.54) is 5.56 Å². The topological polar surface area (TPSA) is 21.3 Å². The van der Waals surface area contributed by atoms with Gasteiger partial charge in [0.25, 0.3) is 0 Å². The summed E-state index contributed by atoms with van der Waals surface area (Å²) >= 11 is 12.0. The predicted molar refractivity (Wildman–Crippen MR) is 86.0 cm³/mol. The molecule has 0 unspecified atom stereocenters. The molecule has 2 aromatic carbocycles. The highest BCUT2D eigenvalue weighted by molar-refractivity contribution is 6.36. The van der Waals surface area contributed by atoms with Crippen LogP contribution in [-0.2, 0) is 6.54 Å². The van der Waals surface area contributed by atoms with Gasteiger partial charge in [-0.2, -0.15) is 0 Å². The maximum atomic E-state index is 6.11. The molecule has 0 aliphatic carbocycles. The number of ether oxygens (including phenoxy) is 1. The van der Waals surface area contributed by atoms with Gasteiger partial charge in [0, 0.05) is 11.6 Å². The molecule has 0 aliphatic heterocycles. The molecule has 2 rings (SSSR count). The van der Waals surface area contributed by atoms with Crippen LogP contribution in [0.4, 0.5) is 5.69 Å². The van der Waals surface area contributed by atoms with Crippen molar-refractivity contribution in [2.24, 2.45) is 0 Å². The third kappa shape index (κ3) is 4.32. The molecule has 0 saturated carbocycles. The number of halogens is 2. The third-order valence-electron chi connectivity index (χ3n) is 2.81. The molecule has 0 radical (unpaired) electrons. The molecule has 0 bridgehead atoms. The van der Waals surface area contributed by atoms with Gasteiger partial charge in [-0.05, 0) is 42.3 Å². The fourth-order valence-corrected chi connectivity index (χ4v) is 2.23. The molecule has 0 heterocycles. The van der Waals surface area contributed by atoms with Crippen molar-refractivity contribution in [3.05, 3.63) is 58.1 Å². The Bertz CT molecular complexity index is 555. The Hall–Kier alpha value is -1.38. The van der Waals surface area contributed by atoms with Crippen LogP contribution < -0.4 is 10.1 Å². The maximum Gasteiger partial charge on any atom is 0.119 e. The van der Waals surface area contributed by atoms with Crippen LogP contribution >= 0.6 is 23.2 Å². The Morgan fingerprint density at radius 3 is 2.45 bits per heavy atom. The molecule has 4 heteroatoms. The lowest BCUT2D eigenvalue weighted by Gasteiger charge is -2.10. The van der Waals surface area contributed by atoms with Gasteiger partial charge in [0.1, 0.15) is 5.75 Å². The molecule has 0 aliphatic rings. The molecule has 20 heavy (non-hydrogen) atoms. The highest BCUT2D eigenvalue weighted by Crippen LogP contribution is 2.26. The van der Waals surface area contributed by atoms with Crippen LogP contribution in [0.25, 0.3) is 0 Å². The minimum Gasteiger partial charge on any atom is -0.494 e. The summed E-state index contributed by atoms with van der Waals surface area (Å²) in [6.45, 7) is 3.54. The molecule has 0 fully saturated rings. The molecule has 1 N–H and O–H groups in total. The number of nitrogens with one attached hydrogen (secondary N) is 1. The van der Waals surface area contributed by atoms with Crippen LogP contribution in [0.15, 0.2) is 42.5 Å². The van der Waals surface area contributed by atoms with Crippen molar-refractivity contribution >= 4 is 28.9 Å². The van der Waals surface area contributed by atoms with E-state index < -0.39 is 0 Å². The number of benzene rings is 2. The first-order chi connectivity index (χ1) is 9.69. The van der Waals surface area contributed by atoms with Crippen molar-refractivity contribution in [3.8, 4) is 5.75 Å². The Kier molecular flexibility index (Phi) is 5.57. The second-order valence-corrected chi connectivity index (χ2v) is 5.31. The Morgan fingerprint density at radius 1 is 1.05 bits per heavy atom. The zero-order valence-corrected chi connectivity index (χ0v) is 12.8. The smallest absolute Gasteiger partial charge is 0.119 e. The van der Waals surface area contributed by atoms with E-state index in [0.29, 0.717) is 16.6 Å². The van der Waals surface area contributed by atoms with Gasteiger partial charge in [-0.15, -0.1) is 0 Å². The van der Waals surface area contributed by atoms with E-state index >= 15 is 0 Å². The van der Waals surface area contributed by atoms with Crippen molar-refractivity contribution in [1.29, 1.82) is 0 Å². The van der Waals surface area contributed by atoms with Gasteiger partial charge in [-0.3, -0.25) is 0 Å². The van der Waals surface area contributed by atoms with Crippen molar-refractivity contribution < 1.29 is 4.74 Å². The van der Waals surface area contributed by atoms with Gasteiger partial charge >= 0.3 is 0 Å². The summed E-state index contributed by atoms with van der Waals surface area (Å²) < 4.78 is 5.55. The quantitative estimate of drug-likeness (QED) is 0.772. The van der Waals surface area contributed by atoms with E-state index in [4.69, 9.17) is 27.9 Å². The maximum absolute atomic E-state index is 6.11. The summed E-state index contributed by atoms with van der Waals surface area (Å²) in [6.07, 6.45) is 1.01. The van der Waals surface area contributed by atoms with E-state index in [2.05, 4.69) is 12.2 Å². The fraction of sp³-hybridized carbons (Fsp3) is 0.250. The standard InChI is InChI=1S/C16H17Cl2NO/c1-2-9-20-14-6-3-12(4-7-14)11-19-16-8-5-13(17)10-15(16)18/h3-8,10,19H,2,9,11H2,1H3. The fourth-order valence-electron chi connectivity index (χ4n) is 1.75. The highest BCUT2D eigenvalue weighted by Gasteiger charge is 2.01. The van der Waals surface area contributed by atoms with E-state index in [9.17, 15) is 0 Å². The molecule has 0 aromatic heterocycles. The summed E-state index contributed by atoms with van der Waals surface area (Å²) in [4.78, 5) is 0. The highest BCUT2D eigenvalue weighted by atomic mass is 35.5. The average Bonchev–Trinajstić information content (AvgIpc) is 2.45. The second-order valence-electron chi connectivity index (χ2n) is 4.47. The van der Waals surface area contributed by atoms with Crippen molar-refractivity contribution in [2.45, 2.75) is 19.9 Å². The molecular formula is C16H17Cl2NO. The second kappa shape index (κ2) is 7.41. The Labute approximate surface area is 129 Å². The lowest BCUT2D eigenvalue weighted by molar-refractivity contribution is 0.317. The molecule has 0 atom stereocenters. The average molecular weight is 310 g/mol. The van der Waals surface area contributed by atoms with Crippen LogP contribution in [0, 0.1) is 0 Å². The van der Waals surface area contributed by atoms with Gasteiger partial charge in [-0.1, -0.05) is 42.3 Å². The molecule has 0 amide bonds. The summed E-state index contributed by atoms with van der Waals surface area (Å²) in [5, 5.41) is 4.55. The van der Waals surface area contributed by atoms with Crippen LogP contribution in [0.3, 0.4) is 0 Å². The first kappa shape index (κ1) is 15.0. The van der Waals surface area contributed by atoms with Crippen molar-refractivity contribution in [1.82, 2.24) is 0 Å². The molecule has 106 valence electrons. The number of hydrogen-bond donors (Lipinski definition) is 1. The molecule has 0 spiro atoms. The lowest BCUT2D eigenvalue weighted by Crippen LogP contribution is -2.00. The summed E-state index contributed by atoms with van der Waals surface area (Å²) in [7, 11) is 0. The summed E-state index contributed by atoms with van der Waals surface area (Å²) in [6, 6.07) is 13.5. The lowest BCUT2D eigenvalue weighted by atomic mass is 10.2. The van der Waals surface area contributed by atoms with Gasteiger partial charge in [0.05, 0.1) is 17.3 Å². The Balaban J connectivity index is 1.93. The SMILES string of the molecule is CCCOc1ccc(CNc2ccc(Cl)cc2Cl)cc1.